The third kappa shape index (κ3) is 4.18. The summed E-state index contributed by atoms with van der Waals surface area (Å²) in [5, 5.41) is -1.21. The first-order chi connectivity index (χ1) is 8.69. The number of sulfone groups is 2. The van der Waals surface area contributed by atoms with Crippen LogP contribution in [-0.2, 0) is 29.1 Å². The van der Waals surface area contributed by atoms with Gasteiger partial charge < -0.3 is 9.47 Å². The maximum atomic E-state index is 11.3. The molecule has 0 aliphatic carbocycles. The summed E-state index contributed by atoms with van der Waals surface area (Å²) in [7, 11) is -6.32. The molecule has 0 spiro atoms. The second-order valence-corrected chi connectivity index (χ2v) is 10.1. The van der Waals surface area contributed by atoms with Crippen molar-refractivity contribution in [1.29, 1.82) is 0 Å². The van der Waals surface area contributed by atoms with Crippen LogP contribution in [0.1, 0.15) is 0 Å². The van der Waals surface area contributed by atoms with E-state index in [1.165, 1.54) is 0 Å². The standard InChI is InChI=1S/C9H14Cl2O6S2/c10-6-1-18(12,13)3-8(6)16-5-17-9-4-19(14,15)2-7(9)11/h6-9H,1-5H2/t6-,7-,8+,9+/m0/s1. The fourth-order valence-corrected chi connectivity index (χ4v) is 7.08. The second kappa shape index (κ2) is 5.65. The van der Waals surface area contributed by atoms with Gasteiger partial charge in [0.1, 0.15) is 6.79 Å². The molecular weight excluding hydrogens is 339 g/mol. The molecule has 2 saturated heterocycles. The first-order valence-electron chi connectivity index (χ1n) is 5.61. The van der Waals surface area contributed by atoms with Gasteiger partial charge in [-0.05, 0) is 0 Å². The van der Waals surface area contributed by atoms with Crippen molar-refractivity contribution in [3.05, 3.63) is 0 Å². The van der Waals surface area contributed by atoms with Crippen LogP contribution < -0.4 is 0 Å². The monoisotopic (exact) mass is 352 g/mol. The van der Waals surface area contributed by atoms with Crippen LogP contribution >= 0.6 is 23.2 Å². The van der Waals surface area contributed by atoms with E-state index in [0.29, 0.717) is 0 Å². The van der Waals surface area contributed by atoms with Gasteiger partial charge in [-0.3, -0.25) is 0 Å². The van der Waals surface area contributed by atoms with Gasteiger partial charge >= 0.3 is 0 Å². The van der Waals surface area contributed by atoms with Crippen molar-refractivity contribution >= 4 is 42.9 Å². The zero-order valence-electron chi connectivity index (χ0n) is 9.87. The minimum absolute atomic E-state index is 0.116. The maximum absolute atomic E-state index is 11.3. The van der Waals surface area contributed by atoms with E-state index in [9.17, 15) is 16.8 Å². The number of rotatable bonds is 4. The molecule has 6 nitrogen and oxygen atoms in total. The molecule has 0 bridgehead atoms. The number of halogens is 2. The molecule has 0 radical (unpaired) electrons. The average molecular weight is 353 g/mol. The van der Waals surface area contributed by atoms with Crippen LogP contribution in [0.5, 0.6) is 0 Å². The maximum Gasteiger partial charge on any atom is 0.154 e. The molecule has 0 unspecified atom stereocenters. The van der Waals surface area contributed by atoms with E-state index < -0.39 is 42.6 Å². The number of hydrogen-bond donors (Lipinski definition) is 0. The second-order valence-electron chi connectivity index (χ2n) is 4.71. The summed E-state index contributed by atoms with van der Waals surface area (Å²) in [5.41, 5.74) is 0. The van der Waals surface area contributed by atoms with Gasteiger partial charge in [0, 0.05) is 0 Å². The highest BCUT2D eigenvalue weighted by Gasteiger charge is 2.39. The predicted octanol–water partition coefficient (Wildman–Crippen LogP) is -0.214. The van der Waals surface area contributed by atoms with Gasteiger partial charge in [-0.1, -0.05) is 0 Å². The molecule has 19 heavy (non-hydrogen) atoms. The van der Waals surface area contributed by atoms with Crippen molar-refractivity contribution < 1.29 is 26.3 Å². The van der Waals surface area contributed by atoms with E-state index in [1.807, 2.05) is 0 Å². The van der Waals surface area contributed by atoms with Crippen LogP contribution in [-0.4, -0.2) is 69.6 Å². The van der Waals surface area contributed by atoms with Crippen LogP contribution in [0, 0.1) is 0 Å². The summed E-state index contributed by atoms with van der Waals surface area (Å²) in [6.07, 6.45) is -1.25. The molecule has 2 fully saturated rings. The largest absolute Gasteiger partial charge is 0.350 e. The molecule has 0 amide bonds. The third-order valence-corrected chi connectivity index (χ3v) is 7.68. The van der Waals surface area contributed by atoms with E-state index in [1.54, 1.807) is 0 Å². The lowest BCUT2D eigenvalue weighted by molar-refractivity contribution is -0.103. The molecule has 0 aromatic heterocycles. The Labute approximate surface area is 122 Å². The Morgan fingerprint density at radius 1 is 0.789 bits per heavy atom. The number of ether oxygens (including phenoxy) is 2. The van der Waals surface area contributed by atoms with E-state index in [0.717, 1.165) is 0 Å². The van der Waals surface area contributed by atoms with Crippen LogP contribution in [0.4, 0.5) is 0 Å². The minimum atomic E-state index is -3.16. The molecule has 0 aromatic rings. The highest BCUT2D eigenvalue weighted by molar-refractivity contribution is 7.92. The fraction of sp³-hybridized carbons (Fsp3) is 1.00. The van der Waals surface area contributed by atoms with Gasteiger partial charge in [-0.15, -0.1) is 23.2 Å². The lowest BCUT2D eigenvalue weighted by atomic mass is 10.3. The van der Waals surface area contributed by atoms with Crippen LogP contribution in [0.15, 0.2) is 0 Å². The first-order valence-corrected chi connectivity index (χ1v) is 10.1. The lowest BCUT2D eigenvalue weighted by Crippen LogP contribution is -2.29. The zero-order valence-corrected chi connectivity index (χ0v) is 13.0. The molecule has 2 aliphatic heterocycles. The summed E-state index contributed by atoms with van der Waals surface area (Å²) in [6, 6.07) is 0. The Morgan fingerprint density at radius 2 is 1.16 bits per heavy atom. The van der Waals surface area contributed by atoms with Crippen LogP contribution in [0.2, 0.25) is 0 Å². The van der Waals surface area contributed by atoms with Crippen LogP contribution in [0.25, 0.3) is 0 Å². The number of hydrogen-bond acceptors (Lipinski definition) is 6. The van der Waals surface area contributed by atoms with E-state index in [-0.39, 0.29) is 29.8 Å². The summed E-state index contributed by atoms with van der Waals surface area (Å²) >= 11 is 11.7. The Morgan fingerprint density at radius 3 is 1.42 bits per heavy atom. The Bertz CT molecular complexity index is 483. The van der Waals surface area contributed by atoms with E-state index in [4.69, 9.17) is 32.7 Å². The Kier molecular flexibility index (Phi) is 4.69. The van der Waals surface area contributed by atoms with Crippen molar-refractivity contribution in [2.75, 3.05) is 29.8 Å². The van der Waals surface area contributed by atoms with Crippen LogP contribution in [0.3, 0.4) is 0 Å². The Balaban J connectivity index is 1.79. The normalized spacial score (nSPS) is 40.5. The smallest absolute Gasteiger partial charge is 0.154 e. The minimum Gasteiger partial charge on any atom is -0.350 e. The number of alkyl halides is 2. The molecule has 2 rings (SSSR count). The quantitative estimate of drug-likeness (QED) is 0.513. The van der Waals surface area contributed by atoms with Crippen molar-refractivity contribution in [3.63, 3.8) is 0 Å². The first kappa shape index (κ1) is 15.8. The van der Waals surface area contributed by atoms with Gasteiger partial charge in [-0.25, -0.2) is 16.8 Å². The lowest BCUT2D eigenvalue weighted by Gasteiger charge is -2.17. The van der Waals surface area contributed by atoms with Crippen molar-refractivity contribution in [2.24, 2.45) is 0 Å². The fourth-order valence-electron chi connectivity index (χ4n) is 2.06. The molecule has 2 heterocycles. The van der Waals surface area contributed by atoms with E-state index >= 15 is 0 Å². The molecule has 0 aromatic carbocycles. The topological polar surface area (TPSA) is 86.7 Å². The summed E-state index contributed by atoms with van der Waals surface area (Å²) in [4.78, 5) is 0. The molecule has 4 atom stereocenters. The molecule has 112 valence electrons. The SMILES string of the molecule is O=S1(=O)C[C@H](Cl)[C@H](OCO[C@@H]2CS(=O)(=O)C[C@@H]2Cl)C1. The highest BCUT2D eigenvalue weighted by atomic mass is 35.5. The summed E-state index contributed by atoms with van der Waals surface area (Å²) in [5.74, 6) is -0.514. The highest BCUT2D eigenvalue weighted by Crippen LogP contribution is 2.23. The van der Waals surface area contributed by atoms with Crippen molar-refractivity contribution in [1.82, 2.24) is 0 Å². The van der Waals surface area contributed by atoms with Gasteiger partial charge in [0.25, 0.3) is 0 Å². The average Bonchev–Trinajstić information content (AvgIpc) is 2.63. The molecule has 2 aliphatic rings. The van der Waals surface area contributed by atoms with Gasteiger partial charge in [0.2, 0.25) is 0 Å². The molecule has 0 N–H and O–H groups in total. The molecular formula is C9H14Cl2O6S2. The van der Waals surface area contributed by atoms with Crippen molar-refractivity contribution in [3.8, 4) is 0 Å². The zero-order chi connectivity index (χ0) is 14.3. The van der Waals surface area contributed by atoms with Gasteiger partial charge in [0.05, 0.1) is 46.0 Å². The van der Waals surface area contributed by atoms with Gasteiger partial charge in [0.15, 0.2) is 19.7 Å². The third-order valence-electron chi connectivity index (χ3n) is 3.03. The summed E-state index contributed by atoms with van der Waals surface area (Å²) < 4.78 is 55.7. The predicted molar refractivity (Wildman–Crippen MR) is 71.2 cm³/mol. The molecule has 10 heteroatoms. The van der Waals surface area contributed by atoms with E-state index in [2.05, 4.69) is 0 Å². The summed E-state index contributed by atoms with van der Waals surface area (Å²) in [6.45, 7) is -0.215. The van der Waals surface area contributed by atoms with Gasteiger partial charge in [-0.2, -0.15) is 0 Å². The van der Waals surface area contributed by atoms with Crippen molar-refractivity contribution in [2.45, 2.75) is 23.0 Å². The Hall–Kier alpha value is 0.400. The molecule has 0 saturated carbocycles.